The lowest BCUT2D eigenvalue weighted by Gasteiger charge is -2.37. The Morgan fingerprint density at radius 1 is 1.44 bits per heavy atom. The molecule has 0 radical (unpaired) electrons. The second-order valence-corrected chi connectivity index (χ2v) is 6.74. The Morgan fingerprint density at radius 3 is 2.56 bits per heavy atom. The molecule has 1 rings (SSSR count). The van der Waals surface area contributed by atoms with Crippen LogP contribution < -0.4 is 10.2 Å². The first kappa shape index (κ1) is 15.4. The molecule has 3 nitrogen and oxygen atoms in total. The third-order valence-electron chi connectivity index (χ3n) is 3.45. The van der Waals surface area contributed by atoms with Crippen LogP contribution in [0.4, 0.5) is 5.82 Å². The van der Waals surface area contributed by atoms with Crippen molar-refractivity contribution in [2.75, 3.05) is 19.0 Å². The Balaban J connectivity index is 3.08. The topological polar surface area (TPSA) is 28.2 Å². The van der Waals surface area contributed by atoms with Crippen molar-refractivity contribution in [1.82, 2.24) is 10.3 Å². The Labute approximate surface area is 119 Å². The Morgan fingerprint density at radius 2 is 2.06 bits per heavy atom. The lowest BCUT2D eigenvalue weighted by molar-refractivity contribution is 0.328. The van der Waals surface area contributed by atoms with E-state index in [2.05, 4.69) is 71.9 Å². The number of nitrogens with one attached hydrogen (secondary N) is 1. The zero-order chi connectivity index (χ0) is 13.9. The van der Waals surface area contributed by atoms with E-state index in [0.29, 0.717) is 6.04 Å². The normalized spacial score (nSPS) is 13.5. The summed E-state index contributed by atoms with van der Waals surface area (Å²) in [4.78, 5) is 6.83. The van der Waals surface area contributed by atoms with Crippen LogP contribution in [0.2, 0.25) is 0 Å². The van der Waals surface area contributed by atoms with Gasteiger partial charge in [0.1, 0.15) is 5.82 Å². The van der Waals surface area contributed by atoms with Crippen molar-refractivity contribution in [3.8, 4) is 0 Å². The highest BCUT2D eigenvalue weighted by Gasteiger charge is 2.25. The van der Waals surface area contributed by atoms with Crippen molar-refractivity contribution in [3.63, 3.8) is 0 Å². The second kappa shape index (κ2) is 6.02. The number of aromatic nitrogens is 1. The van der Waals surface area contributed by atoms with Crippen molar-refractivity contribution in [3.05, 3.63) is 22.3 Å². The van der Waals surface area contributed by atoms with Crippen LogP contribution in [0.25, 0.3) is 0 Å². The van der Waals surface area contributed by atoms with Crippen molar-refractivity contribution in [2.45, 2.75) is 40.3 Å². The van der Waals surface area contributed by atoms with Crippen molar-refractivity contribution >= 4 is 21.7 Å². The minimum absolute atomic E-state index is 0.223. The molecule has 4 heteroatoms. The number of halogens is 1. The van der Waals surface area contributed by atoms with E-state index in [4.69, 9.17) is 0 Å². The van der Waals surface area contributed by atoms with Gasteiger partial charge in [0.05, 0.1) is 0 Å². The number of hydrogen-bond donors (Lipinski definition) is 1. The molecule has 0 aromatic carbocycles. The summed E-state index contributed by atoms with van der Waals surface area (Å²) in [6.45, 7) is 9.83. The van der Waals surface area contributed by atoms with Crippen molar-refractivity contribution in [1.29, 1.82) is 0 Å². The van der Waals surface area contributed by atoms with E-state index in [-0.39, 0.29) is 5.41 Å². The maximum absolute atomic E-state index is 4.57. The molecule has 1 unspecified atom stereocenters. The summed E-state index contributed by atoms with van der Waals surface area (Å²) < 4.78 is 1.02. The lowest BCUT2D eigenvalue weighted by atomic mass is 9.87. The maximum Gasteiger partial charge on any atom is 0.133 e. The summed E-state index contributed by atoms with van der Waals surface area (Å²) in [5, 5.41) is 3.20. The van der Waals surface area contributed by atoms with Crippen LogP contribution in [-0.4, -0.2) is 25.1 Å². The van der Waals surface area contributed by atoms with E-state index < -0.39 is 0 Å². The molecule has 0 bridgehead atoms. The predicted molar refractivity (Wildman–Crippen MR) is 82.0 cm³/mol. The largest absolute Gasteiger partial charge is 0.356 e. The van der Waals surface area contributed by atoms with Crippen LogP contribution in [0.5, 0.6) is 0 Å². The summed E-state index contributed by atoms with van der Waals surface area (Å²) in [5.74, 6) is 1.05. The fraction of sp³-hybridized carbons (Fsp3) is 0.643. The van der Waals surface area contributed by atoms with Crippen molar-refractivity contribution in [2.24, 2.45) is 5.41 Å². The van der Waals surface area contributed by atoms with Gasteiger partial charge in [0.15, 0.2) is 0 Å². The molecular formula is C14H24BrN3. The first-order valence-corrected chi connectivity index (χ1v) is 7.08. The van der Waals surface area contributed by atoms with E-state index in [1.54, 1.807) is 0 Å². The number of hydrogen-bond acceptors (Lipinski definition) is 3. The maximum atomic E-state index is 4.57. The number of pyridine rings is 1. The fourth-order valence-electron chi connectivity index (χ4n) is 1.88. The molecule has 0 aliphatic carbocycles. The summed E-state index contributed by atoms with van der Waals surface area (Å²) in [5.41, 5.74) is 1.44. The van der Waals surface area contributed by atoms with E-state index in [1.807, 2.05) is 13.2 Å². The molecule has 0 amide bonds. The van der Waals surface area contributed by atoms with Crippen LogP contribution >= 0.6 is 15.9 Å². The summed E-state index contributed by atoms with van der Waals surface area (Å²) >= 11 is 3.48. The third-order valence-corrected chi connectivity index (χ3v) is 3.88. The molecule has 0 aliphatic heterocycles. The van der Waals surface area contributed by atoms with Gasteiger partial charge < -0.3 is 10.2 Å². The molecule has 0 saturated heterocycles. The van der Waals surface area contributed by atoms with Crippen LogP contribution in [0.1, 0.15) is 33.3 Å². The Bertz CT molecular complexity index is 399. The average molecular weight is 314 g/mol. The van der Waals surface area contributed by atoms with E-state index in [1.165, 1.54) is 5.56 Å². The van der Waals surface area contributed by atoms with E-state index in [0.717, 1.165) is 16.8 Å². The van der Waals surface area contributed by atoms with E-state index >= 15 is 0 Å². The molecule has 0 spiro atoms. The standard InChI is InChI=1S/C14H24BrN3/c1-10(14(2,3)4)18(6)13-11(8-16-5)7-12(15)9-17-13/h7,9-10,16H,8H2,1-6H3. The van der Waals surface area contributed by atoms with Gasteiger partial charge in [0.2, 0.25) is 0 Å². The predicted octanol–water partition coefficient (Wildman–Crippen LogP) is 3.43. The molecule has 0 saturated carbocycles. The quantitative estimate of drug-likeness (QED) is 0.923. The zero-order valence-corrected chi connectivity index (χ0v) is 13.8. The van der Waals surface area contributed by atoms with E-state index in [9.17, 15) is 0 Å². The highest BCUT2D eigenvalue weighted by Crippen LogP contribution is 2.29. The van der Waals surface area contributed by atoms with Crippen LogP contribution in [0.3, 0.4) is 0 Å². The molecular weight excluding hydrogens is 290 g/mol. The molecule has 0 aliphatic rings. The first-order valence-electron chi connectivity index (χ1n) is 6.29. The first-order chi connectivity index (χ1) is 8.27. The smallest absolute Gasteiger partial charge is 0.133 e. The molecule has 0 fully saturated rings. The minimum atomic E-state index is 0.223. The highest BCUT2D eigenvalue weighted by atomic mass is 79.9. The molecule has 18 heavy (non-hydrogen) atoms. The van der Waals surface area contributed by atoms with Crippen LogP contribution in [0, 0.1) is 5.41 Å². The minimum Gasteiger partial charge on any atom is -0.356 e. The molecule has 1 N–H and O–H groups in total. The van der Waals surface area contributed by atoms with Gasteiger partial charge in [-0.25, -0.2) is 4.98 Å². The Hall–Kier alpha value is -0.610. The monoisotopic (exact) mass is 313 g/mol. The molecule has 1 aromatic heterocycles. The van der Waals surface area contributed by atoms with Gasteiger partial charge in [-0.3, -0.25) is 0 Å². The molecule has 1 aromatic rings. The third kappa shape index (κ3) is 3.69. The number of anilines is 1. The fourth-order valence-corrected chi connectivity index (χ4v) is 2.26. The number of rotatable bonds is 4. The lowest BCUT2D eigenvalue weighted by Crippen LogP contribution is -2.40. The summed E-state index contributed by atoms with van der Waals surface area (Å²) in [6.07, 6.45) is 1.86. The zero-order valence-electron chi connectivity index (χ0n) is 12.2. The van der Waals surface area contributed by atoms with Crippen LogP contribution in [0.15, 0.2) is 16.7 Å². The van der Waals surface area contributed by atoms with Gasteiger partial charge in [-0.2, -0.15) is 0 Å². The van der Waals surface area contributed by atoms with Gasteiger partial charge in [-0.1, -0.05) is 20.8 Å². The van der Waals surface area contributed by atoms with Gasteiger partial charge in [0.25, 0.3) is 0 Å². The molecule has 102 valence electrons. The summed E-state index contributed by atoms with van der Waals surface area (Å²) in [6, 6.07) is 2.55. The Kier molecular flexibility index (Phi) is 5.17. The van der Waals surface area contributed by atoms with Gasteiger partial charge >= 0.3 is 0 Å². The van der Waals surface area contributed by atoms with Gasteiger partial charge in [-0.15, -0.1) is 0 Å². The molecule has 1 heterocycles. The average Bonchev–Trinajstić information content (AvgIpc) is 2.26. The second-order valence-electron chi connectivity index (χ2n) is 5.82. The molecule has 1 atom stereocenters. The highest BCUT2D eigenvalue weighted by molar-refractivity contribution is 9.10. The van der Waals surface area contributed by atoms with Gasteiger partial charge in [-0.05, 0) is 41.4 Å². The summed E-state index contributed by atoms with van der Waals surface area (Å²) in [7, 11) is 4.07. The van der Waals surface area contributed by atoms with Gasteiger partial charge in [0, 0.05) is 35.9 Å². The van der Waals surface area contributed by atoms with Crippen LogP contribution in [-0.2, 0) is 6.54 Å². The SMILES string of the molecule is CNCc1cc(Br)cnc1N(C)C(C)C(C)(C)C. The number of nitrogens with zero attached hydrogens (tertiary/aromatic N) is 2. The van der Waals surface area contributed by atoms with Crippen molar-refractivity contribution < 1.29 is 0 Å².